The van der Waals surface area contributed by atoms with E-state index in [4.69, 9.17) is 5.73 Å². The Morgan fingerprint density at radius 1 is 1.35 bits per heavy atom. The van der Waals surface area contributed by atoms with E-state index in [-0.39, 0.29) is 16.5 Å². The lowest BCUT2D eigenvalue weighted by Gasteiger charge is -2.08. The molecule has 0 aliphatic rings. The number of anilines is 2. The van der Waals surface area contributed by atoms with E-state index >= 15 is 0 Å². The average molecular weight is 360 g/mol. The highest BCUT2D eigenvalue weighted by atomic mass is 79.9. The summed E-state index contributed by atoms with van der Waals surface area (Å²) in [5, 5.41) is 3.90. The lowest BCUT2D eigenvalue weighted by molar-refractivity contribution is 0.600. The van der Waals surface area contributed by atoms with Crippen molar-refractivity contribution in [3.8, 4) is 0 Å². The first kappa shape index (κ1) is 14.8. The molecular weight excluding hydrogens is 346 g/mol. The van der Waals surface area contributed by atoms with Gasteiger partial charge in [0.05, 0.1) is 11.4 Å². The molecule has 0 radical (unpaired) electrons. The number of nitrogens with zero attached hydrogens (tertiary/aromatic N) is 3. The third-order valence-electron chi connectivity index (χ3n) is 2.83. The van der Waals surface area contributed by atoms with E-state index in [0.717, 1.165) is 4.47 Å². The van der Waals surface area contributed by atoms with Gasteiger partial charge in [-0.05, 0) is 41.9 Å². The van der Waals surface area contributed by atoms with Crippen molar-refractivity contribution < 1.29 is 8.42 Å². The zero-order chi connectivity index (χ0) is 15.1. The number of nitrogen functional groups attached to an aromatic ring is 1. The van der Waals surface area contributed by atoms with Crippen LogP contribution in [-0.4, -0.2) is 23.2 Å². The van der Waals surface area contributed by atoms with Crippen LogP contribution in [0.4, 0.5) is 11.6 Å². The first-order chi connectivity index (χ1) is 9.22. The van der Waals surface area contributed by atoms with Crippen molar-refractivity contribution in [2.75, 3.05) is 10.5 Å². The standard InChI is InChI=1S/C11H14BrN5O2S/c1-6-8(12)4-5-9(14-6)16-20(18,19)10-7(2)17(3)15-11(10)13/h4-5H,1-3H3,(H2,13,15)(H,14,16). The fraction of sp³-hybridized carbons (Fsp3) is 0.273. The second kappa shape index (κ2) is 5.06. The molecule has 2 rings (SSSR count). The molecule has 108 valence electrons. The zero-order valence-electron chi connectivity index (χ0n) is 11.2. The van der Waals surface area contributed by atoms with E-state index in [1.165, 1.54) is 4.68 Å². The molecule has 7 nitrogen and oxygen atoms in total. The van der Waals surface area contributed by atoms with Crippen molar-refractivity contribution in [1.82, 2.24) is 14.8 Å². The van der Waals surface area contributed by atoms with Crippen LogP contribution >= 0.6 is 15.9 Å². The van der Waals surface area contributed by atoms with E-state index in [9.17, 15) is 8.42 Å². The van der Waals surface area contributed by atoms with E-state index in [2.05, 4.69) is 30.7 Å². The second-order valence-corrected chi connectivity index (χ2v) is 6.77. The molecule has 2 aromatic rings. The summed E-state index contributed by atoms with van der Waals surface area (Å²) in [5.74, 6) is 0.194. The summed E-state index contributed by atoms with van der Waals surface area (Å²) in [7, 11) is -2.19. The summed E-state index contributed by atoms with van der Waals surface area (Å²) in [5.41, 5.74) is 6.80. The van der Waals surface area contributed by atoms with Crippen LogP contribution in [-0.2, 0) is 17.1 Å². The molecule has 0 fully saturated rings. The van der Waals surface area contributed by atoms with Crippen LogP contribution < -0.4 is 10.5 Å². The predicted molar refractivity (Wildman–Crippen MR) is 79.8 cm³/mol. The van der Waals surface area contributed by atoms with Crippen molar-refractivity contribution in [3.63, 3.8) is 0 Å². The molecule has 0 unspecified atom stereocenters. The molecule has 2 aromatic heterocycles. The number of nitrogens with two attached hydrogens (primary N) is 1. The summed E-state index contributed by atoms with van der Waals surface area (Å²) in [6.07, 6.45) is 0. The van der Waals surface area contributed by atoms with Crippen molar-refractivity contribution in [2.24, 2.45) is 7.05 Å². The van der Waals surface area contributed by atoms with Gasteiger partial charge in [0, 0.05) is 11.5 Å². The SMILES string of the molecule is Cc1nc(NS(=O)(=O)c2c(N)nn(C)c2C)ccc1Br. The third-order valence-corrected chi connectivity index (χ3v) is 5.19. The highest BCUT2D eigenvalue weighted by molar-refractivity contribution is 9.10. The highest BCUT2D eigenvalue weighted by Gasteiger charge is 2.25. The highest BCUT2D eigenvalue weighted by Crippen LogP contribution is 2.24. The molecule has 20 heavy (non-hydrogen) atoms. The Bertz CT molecular complexity index is 769. The molecule has 0 saturated heterocycles. The van der Waals surface area contributed by atoms with Gasteiger partial charge in [0.2, 0.25) is 0 Å². The molecule has 0 atom stereocenters. The Morgan fingerprint density at radius 2 is 2.00 bits per heavy atom. The van der Waals surface area contributed by atoms with Crippen LogP contribution in [0.5, 0.6) is 0 Å². The van der Waals surface area contributed by atoms with Crippen LogP contribution in [0.2, 0.25) is 0 Å². The maximum Gasteiger partial charge on any atom is 0.268 e. The summed E-state index contributed by atoms with van der Waals surface area (Å²) in [6.45, 7) is 3.41. The first-order valence-corrected chi connectivity index (χ1v) is 7.95. The smallest absolute Gasteiger partial charge is 0.268 e. The fourth-order valence-electron chi connectivity index (χ4n) is 1.74. The summed E-state index contributed by atoms with van der Waals surface area (Å²) in [4.78, 5) is 4.12. The number of aryl methyl sites for hydroxylation is 2. The van der Waals surface area contributed by atoms with Crippen LogP contribution in [0, 0.1) is 13.8 Å². The minimum Gasteiger partial charge on any atom is -0.381 e. The Hall–Kier alpha value is -1.61. The number of nitrogens with one attached hydrogen (secondary N) is 1. The number of pyridine rings is 1. The monoisotopic (exact) mass is 359 g/mol. The molecule has 0 aliphatic heterocycles. The van der Waals surface area contributed by atoms with Gasteiger partial charge in [-0.3, -0.25) is 9.40 Å². The van der Waals surface area contributed by atoms with E-state index in [0.29, 0.717) is 11.4 Å². The topological polar surface area (TPSA) is 103 Å². The lowest BCUT2D eigenvalue weighted by atomic mass is 10.4. The molecule has 2 heterocycles. The Balaban J connectivity index is 2.43. The normalized spacial score (nSPS) is 11.6. The number of hydrogen-bond donors (Lipinski definition) is 2. The van der Waals surface area contributed by atoms with Gasteiger partial charge in [0.15, 0.2) is 10.7 Å². The van der Waals surface area contributed by atoms with Gasteiger partial charge in [-0.25, -0.2) is 13.4 Å². The number of aromatic nitrogens is 3. The first-order valence-electron chi connectivity index (χ1n) is 5.67. The number of rotatable bonds is 3. The quantitative estimate of drug-likeness (QED) is 0.865. The predicted octanol–water partition coefficient (Wildman–Crippen LogP) is 1.58. The molecule has 0 spiro atoms. The minimum atomic E-state index is -3.82. The second-order valence-electron chi connectivity index (χ2n) is 4.29. The minimum absolute atomic E-state index is 0.0256. The average Bonchev–Trinajstić information content (AvgIpc) is 2.58. The van der Waals surface area contributed by atoms with Gasteiger partial charge in [-0.1, -0.05) is 0 Å². The van der Waals surface area contributed by atoms with Gasteiger partial charge in [-0.15, -0.1) is 0 Å². The maximum atomic E-state index is 12.4. The largest absolute Gasteiger partial charge is 0.381 e. The van der Waals surface area contributed by atoms with Gasteiger partial charge in [-0.2, -0.15) is 5.10 Å². The Kier molecular flexibility index (Phi) is 3.74. The summed E-state index contributed by atoms with van der Waals surface area (Å²) < 4.78 is 29.3. The summed E-state index contributed by atoms with van der Waals surface area (Å²) in [6, 6.07) is 3.29. The van der Waals surface area contributed by atoms with E-state index < -0.39 is 10.0 Å². The number of hydrogen-bond acceptors (Lipinski definition) is 5. The Morgan fingerprint density at radius 3 is 2.50 bits per heavy atom. The molecule has 0 amide bonds. The van der Waals surface area contributed by atoms with Crippen LogP contribution in [0.25, 0.3) is 0 Å². The molecule has 0 aliphatic carbocycles. The fourth-order valence-corrected chi connectivity index (χ4v) is 3.29. The van der Waals surface area contributed by atoms with E-state index in [1.807, 2.05) is 0 Å². The van der Waals surface area contributed by atoms with Crippen molar-refractivity contribution in [1.29, 1.82) is 0 Å². The molecule has 3 N–H and O–H groups in total. The van der Waals surface area contributed by atoms with Crippen LogP contribution in [0.15, 0.2) is 21.5 Å². The van der Waals surface area contributed by atoms with Gasteiger partial charge in [0.1, 0.15) is 5.82 Å². The Labute approximate surface area is 125 Å². The van der Waals surface area contributed by atoms with Crippen LogP contribution in [0.3, 0.4) is 0 Å². The summed E-state index contributed by atoms with van der Waals surface area (Å²) >= 11 is 3.31. The van der Waals surface area contributed by atoms with Crippen molar-refractivity contribution in [2.45, 2.75) is 18.7 Å². The molecule has 0 bridgehead atoms. The molecular formula is C11H14BrN5O2S. The third kappa shape index (κ3) is 2.63. The molecule has 0 saturated carbocycles. The maximum absolute atomic E-state index is 12.4. The number of halogens is 1. The van der Waals surface area contributed by atoms with Gasteiger partial charge in [0.25, 0.3) is 10.0 Å². The molecule has 0 aromatic carbocycles. The molecule has 9 heteroatoms. The van der Waals surface area contributed by atoms with Gasteiger partial charge >= 0.3 is 0 Å². The van der Waals surface area contributed by atoms with Gasteiger partial charge < -0.3 is 5.73 Å². The van der Waals surface area contributed by atoms with Crippen molar-refractivity contribution >= 4 is 37.6 Å². The zero-order valence-corrected chi connectivity index (χ0v) is 13.6. The van der Waals surface area contributed by atoms with Crippen LogP contribution in [0.1, 0.15) is 11.4 Å². The van der Waals surface area contributed by atoms with Crippen molar-refractivity contribution in [3.05, 3.63) is 28.0 Å². The number of sulfonamides is 1. The van der Waals surface area contributed by atoms with E-state index in [1.54, 1.807) is 33.0 Å². The lowest BCUT2D eigenvalue weighted by Crippen LogP contribution is -2.16.